The zero-order chi connectivity index (χ0) is 17.9. The standard InChI is InChI=1S/C19H21F3N2S/c1-25-18-7-5-15(6-8-18)14-23-9-11-24(12-10-23)17-4-2-3-16(13-17)19(20,21)22/h2-8,13H,9-12,14H2,1H3. The molecule has 0 N–H and O–H groups in total. The number of hydrogen-bond acceptors (Lipinski definition) is 3. The van der Waals surface area contributed by atoms with E-state index in [0.717, 1.165) is 38.8 Å². The van der Waals surface area contributed by atoms with Crippen molar-refractivity contribution in [3.05, 3.63) is 59.7 Å². The van der Waals surface area contributed by atoms with Crippen LogP contribution in [-0.4, -0.2) is 37.3 Å². The summed E-state index contributed by atoms with van der Waals surface area (Å²) in [5.74, 6) is 0. The predicted molar refractivity (Wildman–Crippen MR) is 97.2 cm³/mol. The number of thioether (sulfide) groups is 1. The van der Waals surface area contributed by atoms with Crippen molar-refractivity contribution >= 4 is 17.4 Å². The molecule has 0 radical (unpaired) electrons. The van der Waals surface area contributed by atoms with Crippen LogP contribution in [0.15, 0.2) is 53.4 Å². The Hall–Kier alpha value is -1.66. The van der Waals surface area contributed by atoms with Gasteiger partial charge in [0.2, 0.25) is 0 Å². The smallest absolute Gasteiger partial charge is 0.369 e. The van der Waals surface area contributed by atoms with Gasteiger partial charge in [-0.1, -0.05) is 18.2 Å². The van der Waals surface area contributed by atoms with E-state index >= 15 is 0 Å². The highest BCUT2D eigenvalue weighted by molar-refractivity contribution is 7.98. The number of hydrogen-bond donors (Lipinski definition) is 0. The lowest BCUT2D eigenvalue weighted by atomic mass is 10.1. The lowest BCUT2D eigenvalue weighted by Crippen LogP contribution is -2.46. The number of halogens is 3. The fourth-order valence-corrected chi connectivity index (χ4v) is 3.44. The molecule has 1 fully saturated rings. The highest BCUT2D eigenvalue weighted by Gasteiger charge is 2.31. The van der Waals surface area contributed by atoms with Crippen LogP contribution < -0.4 is 4.90 Å². The average Bonchev–Trinajstić information content (AvgIpc) is 2.62. The third-order valence-electron chi connectivity index (χ3n) is 4.48. The van der Waals surface area contributed by atoms with E-state index in [1.165, 1.54) is 22.6 Å². The molecule has 2 aromatic carbocycles. The maximum absolute atomic E-state index is 12.9. The van der Waals surface area contributed by atoms with E-state index in [0.29, 0.717) is 5.69 Å². The quantitative estimate of drug-likeness (QED) is 0.721. The number of alkyl halides is 3. The van der Waals surface area contributed by atoms with E-state index in [4.69, 9.17) is 0 Å². The molecule has 0 unspecified atom stereocenters. The van der Waals surface area contributed by atoms with Gasteiger partial charge in [-0.25, -0.2) is 0 Å². The Morgan fingerprint density at radius 3 is 2.24 bits per heavy atom. The molecule has 2 nitrogen and oxygen atoms in total. The van der Waals surface area contributed by atoms with Crippen molar-refractivity contribution in [2.24, 2.45) is 0 Å². The van der Waals surface area contributed by atoms with E-state index in [1.807, 2.05) is 4.90 Å². The molecule has 2 aromatic rings. The molecule has 0 aliphatic carbocycles. The van der Waals surface area contributed by atoms with E-state index in [1.54, 1.807) is 17.8 Å². The van der Waals surface area contributed by atoms with E-state index in [9.17, 15) is 13.2 Å². The molecule has 0 saturated carbocycles. The summed E-state index contributed by atoms with van der Waals surface area (Å²) < 4.78 is 38.6. The lowest BCUT2D eigenvalue weighted by molar-refractivity contribution is -0.137. The first-order valence-corrected chi connectivity index (χ1v) is 9.46. The van der Waals surface area contributed by atoms with Gasteiger partial charge in [-0.2, -0.15) is 13.2 Å². The van der Waals surface area contributed by atoms with Gasteiger partial charge in [0.15, 0.2) is 0 Å². The van der Waals surface area contributed by atoms with Crippen LogP contribution in [0.4, 0.5) is 18.9 Å². The Bertz CT molecular complexity index is 693. The lowest BCUT2D eigenvalue weighted by Gasteiger charge is -2.36. The second-order valence-electron chi connectivity index (χ2n) is 6.16. The van der Waals surface area contributed by atoms with Gasteiger partial charge in [-0.15, -0.1) is 11.8 Å². The Morgan fingerprint density at radius 1 is 0.960 bits per heavy atom. The van der Waals surface area contributed by atoms with Crippen LogP contribution in [0.3, 0.4) is 0 Å². The number of rotatable bonds is 4. The van der Waals surface area contributed by atoms with Crippen LogP contribution in [0.1, 0.15) is 11.1 Å². The highest BCUT2D eigenvalue weighted by Crippen LogP contribution is 2.32. The van der Waals surface area contributed by atoms with Gasteiger partial charge in [0.25, 0.3) is 0 Å². The van der Waals surface area contributed by atoms with Crippen LogP contribution in [0.25, 0.3) is 0 Å². The maximum Gasteiger partial charge on any atom is 0.416 e. The topological polar surface area (TPSA) is 6.48 Å². The summed E-state index contributed by atoms with van der Waals surface area (Å²) in [6.45, 7) is 4.06. The molecule has 134 valence electrons. The van der Waals surface area contributed by atoms with Gasteiger partial charge in [-0.05, 0) is 42.2 Å². The normalized spacial score (nSPS) is 16.2. The Morgan fingerprint density at radius 2 is 1.64 bits per heavy atom. The maximum atomic E-state index is 12.9. The van der Waals surface area contributed by atoms with Crippen LogP contribution in [0.2, 0.25) is 0 Å². The Kier molecular flexibility index (Phi) is 5.59. The van der Waals surface area contributed by atoms with Crippen molar-refractivity contribution in [3.8, 4) is 0 Å². The second-order valence-corrected chi connectivity index (χ2v) is 7.04. The minimum Gasteiger partial charge on any atom is -0.369 e. The SMILES string of the molecule is CSc1ccc(CN2CCN(c3cccc(C(F)(F)F)c3)CC2)cc1. The number of benzene rings is 2. The van der Waals surface area contributed by atoms with Gasteiger partial charge >= 0.3 is 6.18 Å². The summed E-state index contributed by atoms with van der Waals surface area (Å²) >= 11 is 1.72. The minimum atomic E-state index is -4.29. The Labute approximate surface area is 150 Å². The molecule has 0 aromatic heterocycles. The molecule has 0 atom stereocenters. The van der Waals surface area contributed by atoms with E-state index in [2.05, 4.69) is 35.4 Å². The number of piperazine rings is 1. The summed E-state index contributed by atoms with van der Waals surface area (Å²) in [6, 6.07) is 14.1. The molecule has 3 rings (SSSR count). The van der Waals surface area contributed by atoms with Gasteiger partial charge in [0.05, 0.1) is 5.56 Å². The number of nitrogens with zero attached hydrogens (tertiary/aromatic N) is 2. The van der Waals surface area contributed by atoms with Gasteiger partial charge in [-0.3, -0.25) is 4.90 Å². The molecule has 0 spiro atoms. The molecule has 6 heteroatoms. The third-order valence-corrected chi connectivity index (χ3v) is 5.22. The molecule has 1 aliphatic rings. The van der Waals surface area contributed by atoms with Crippen LogP contribution in [-0.2, 0) is 12.7 Å². The van der Waals surface area contributed by atoms with Crippen LogP contribution in [0.5, 0.6) is 0 Å². The summed E-state index contributed by atoms with van der Waals surface area (Å²) in [4.78, 5) is 5.62. The van der Waals surface area contributed by atoms with Crippen molar-refractivity contribution < 1.29 is 13.2 Å². The molecule has 0 amide bonds. The fourth-order valence-electron chi connectivity index (χ4n) is 3.03. The first-order chi connectivity index (χ1) is 12.0. The Balaban J connectivity index is 1.58. The summed E-state index contributed by atoms with van der Waals surface area (Å²) in [5, 5.41) is 0. The fraction of sp³-hybridized carbons (Fsp3) is 0.368. The summed E-state index contributed by atoms with van der Waals surface area (Å²) in [5.41, 5.74) is 1.34. The highest BCUT2D eigenvalue weighted by atomic mass is 32.2. The van der Waals surface area contributed by atoms with Gasteiger partial charge in [0.1, 0.15) is 0 Å². The van der Waals surface area contributed by atoms with Gasteiger partial charge < -0.3 is 4.90 Å². The number of anilines is 1. The second kappa shape index (κ2) is 7.70. The summed E-state index contributed by atoms with van der Waals surface area (Å²) in [7, 11) is 0. The molecule has 1 heterocycles. The van der Waals surface area contributed by atoms with Crippen molar-refractivity contribution in [2.75, 3.05) is 37.3 Å². The average molecular weight is 366 g/mol. The zero-order valence-electron chi connectivity index (χ0n) is 14.1. The zero-order valence-corrected chi connectivity index (χ0v) is 14.9. The largest absolute Gasteiger partial charge is 0.416 e. The molecular formula is C19H21F3N2S. The molecular weight excluding hydrogens is 345 g/mol. The van der Waals surface area contributed by atoms with Gasteiger partial charge in [0, 0.05) is 43.3 Å². The molecule has 0 bridgehead atoms. The molecule has 1 saturated heterocycles. The van der Waals surface area contributed by atoms with Crippen molar-refractivity contribution in [2.45, 2.75) is 17.6 Å². The molecule has 1 aliphatic heterocycles. The molecule has 25 heavy (non-hydrogen) atoms. The first kappa shape index (κ1) is 18.1. The van der Waals surface area contributed by atoms with Crippen LogP contribution in [0, 0.1) is 0 Å². The van der Waals surface area contributed by atoms with E-state index in [-0.39, 0.29) is 0 Å². The van der Waals surface area contributed by atoms with Crippen molar-refractivity contribution in [1.29, 1.82) is 0 Å². The predicted octanol–water partition coefficient (Wildman–Crippen LogP) is 4.75. The van der Waals surface area contributed by atoms with Crippen molar-refractivity contribution in [1.82, 2.24) is 4.90 Å². The third kappa shape index (κ3) is 4.70. The van der Waals surface area contributed by atoms with E-state index < -0.39 is 11.7 Å². The first-order valence-electron chi connectivity index (χ1n) is 8.23. The summed E-state index contributed by atoms with van der Waals surface area (Å²) in [6.07, 6.45) is -2.23. The monoisotopic (exact) mass is 366 g/mol. The van der Waals surface area contributed by atoms with Crippen LogP contribution >= 0.6 is 11.8 Å². The minimum absolute atomic E-state index is 0.582. The van der Waals surface area contributed by atoms with Crippen molar-refractivity contribution in [3.63, 3.8) is 0 Å².